The minimum atomic E-state index is 0.304. The molecule has 0 saturated carbocycles. The number of piperazine rings is 1. The monoisotopic (exact) mass is 350 g/mol. The number of amides is 1. The zero-order chi connectivity index (χ0) is 18.5. The maximum absolute atomic E-state index is 12.5. The number of hydrogen-bond donors (Lipinski definition) is 0. The molecule has 0 bridgehead atoms. The molecule has 2 aromatic rings. The van der Waals surface area contributed by atoms with Crippen LogP contribution in [0.4, 0.5) is 5.69 Å². The second-order valence-electron chi connectivity index (χ2n) is 7.55. The third-order valence-corrected chi connectivity index (χ3v) is 5.17. The SMILES string of the molecule is Cc1ccc(N2CCN(C(=O)CCCc3cc(C)cc(C)c3)CC2)cc1. The van der Waals surface area contributed by atoms with Crippen LogP contribution in [0.3, 0.4) is 0 Å². The van der Waals surface area contributed by atoms with Crippen LogP contribution in [0.5, 0.6) is 0 Å². The van der Waals surface area contributed by atoms with E-state index < -0.39 is 0 Å². The van der Waals surface area contributed by atoms with Gasteiger partial charge in [-0.3, -0.25) is 4.79 Å². The number of nitrogens with zero attached hydrogens (tertiary/aromatic N) is 2. The van der Waals surface area contributed by atoms with Crippen molar-refractivity contribution in [3.63, 3.8) is 0 Å². The first-order valence-electron chi connectivity index (χ1n) is 9.68. The molecule has 1 aliphatic heterocycles. The minimum absolute atomic E-state index is 0.304. The van der Waals surface area contributed by atoms with Gasteiger partial charge in [0.25, 0.3) is 0 Å². The Hall–Kier alpha value is -2.29. The molecule has 0 radical (unpaired) electrons. The summed E-state index contributed by atoms with van der Waals surface area (Å²) >= 11 is 0. The average molecular weight is 351 g/mol. The van der Waals surface area contributed by atoms with Gasteiger partial charge in [-0.1, -0.05) is 47.0 Å². The van der Waals surface area contributed by atoms with Crippen LogP contribution in [0.15, 0.2) is 42.5 Å². The predicted octanol–water partition coefficient (Wildman–Crippen LogP) is 4.28. The lowest BCUT2D eigenvalue weighted by Gasteiger charge is -2.36. The third-order valence-electron chi connectivity index (χ3n) is 5.17. The zero-order valence-electron chi connectivity index (χ0n) is 16.3. The van der Waals surface area contributed by atoms with Crippen LogP contribution in [-0.4, -0.2) is 37.0 Å². The van der Waals surface area contributed by atoms with E-state index in [9.17, 15) is 4.79 Å². The molecule has 1 amide bonds. The number of hydrogen-bond acceptors (Lipinski definition) is 2. The van der Waals surface area contributed by atoms with Crippen molar-refractivity contribution in [2.45, 2.75) is 40.0 Å². The lowest BCUT2D eigenvalue weighted by Crippen LogP contribution is -2.48. The number of aryl methyl sites for hydroxylation is 4. The molecule has 3 rings (SSSR count). The van der Waals surface area contributed by atoms with Gasteiger partial charge in [0.05, 0.1) is 0 Å². The van der Waals surface area contributed by atoms with Crippen LogP contribution in [0.2, 0.25) is 0 Å². The smallest absolute Gasteiger partial charge is 0.222 e. The van der Waals surface area contributed by atoms with Crippen molar-refractivity contribution < 1.29 is 4.79 Å². The van der Waals surface area contributed by atoms with Crippen LogP contribution in [-0.2, 0) is 11.2 Å². The fourth-order valence-electron chi connectivity index (χ4n) is 3.78. The van der Waals surface area contributed by atoms with Crippen molar-refractivity contribution in [2.75, 3.05) is 31.1 Å². The van der Waals surface area contributed by atoms with Gasteiger partial charge in [0.1, 0.15) is 0 Å². The van der Waals surface area contributed by atoms with Gasteiger partial charge in [-0.15, -0.1) is 0 Å². The van der Waals surface area contributed by atoms with E-state index in [2.05, 4.69) is 68.1 Å². The Bertz CT molecular complexity index is 723. The molecular formula is C23H30N2O. The van der Waals surface area contributed by atoms with Crippen molar-refractivity contribution >= 4 is 11.6 Å². The highest BCUT2D eigenvalue weighted by Crippen LogP contribution is 2.18. The first kappa shape index (κ1) is 18.5. The van der Waals surface area contributed by atoms with Crippen LogP contribution in [0.25, 0.3) is 0 Å². The van der Waals surface area contributed by atoms with E-state index in [4.69, 9.17) is 0 Å². The molecule has 3 heteroatoms. The third kappa shape index (κ3) is 4.87. The molecule has 1 saturated heterocycles. The summed E-state index contributed by atoms with van der Waals surface area (Å²) in [6, 6.07) is 15.3. The van der Waals surface area contributed by atoms with Crippen LogP contribution in [0, 0.1) is 20.8 Å². The van der Waals surface area contributed by atoms with Crippen molar-refractivity contribution in [1.82, 2.24) is 4.90 Å². The predicted molar refractivity (Wildman–Crippen MR) is 109 cm³/mol. The van der Waals surface area contributed by atoms with Crippen molar-refractivity contribution in [2.24, 2.45) is 0 Å². The number of carbonyl (C=O) groups is 1. The molecule has 26 heavy (non-hydrogen) atoms. The Morgan fingerprint density at radius 3 is 2.08 bits per heavy atom. The van der Waals surface area contributed by atoms with Gasteiger partial charge in [-0.2, -0.15) is 0 Å². The highest BCUT2D eigenvalue weighted by molar-refractivity contribution is 5.76. The van der Waals surface area contributed by atoms with Gasteiger partial charge < -0.3 is 9.80 Å². The van der Waals surface area contributed by atoms with E-state index in [-0.39, 0.29) is 0 Å². The maximum atomic E-state index is 12.5. The molecule has 0 N–H and O–H groups in total. The molecule has 0 aromatic heterocycles. The summed E-state index contributed by atoms with van der Waals surface area (Å²) in [5.41, 5.74) is 6.50. The van der Waals surface area contributed by atoms with Crippen molar-refractivity contribution in [1.29, 1.82) is 0 Å². The maximum Gasteiger partial charge on any atom is 0.222 e. The number of carbonyl (C=O) groups excluding carboxylic acids is 1. The standard InChI is InChI=1S/C23H30N2O/c1-18-7-9-22(10-8-18)24-11-13-25(14-12-24)23(26)6-4-5-21-16-19(2)15-20(3)17-21/h7-10,15-17H,4-6,11-14H2,1-3H3. The van der Waals surface area contributed by atoms with Gasteiger partial charge in [-0.05, 0) is 51.3 Å². The molecular weight excluding hydrogens is 320 g/mol. The van der Waals surface area contributed by atoms with Crippen molar-refractivity contribution in [3.05, 3.63) is 64.7 Å². The molecule has 138 valence electrons. The van der Waals surface area contributed by atoms with E-state index in [1.54, 1.807) is 0 Å². The number of anilines is 1. The Balaban J connectivity index is 1.44. The second-order valence-corrected chi connectivity index (χ2v) is 7.55. The zero-order valence-corrected chi connectivity index (χ0v) is 16.3. The molecule has 0 spiro atoms. The Morgan fingerprint density at radius 1 is 0.846 bits per heavy atom. The molecule has 1 fully saturated rings. The molecule has 3 nitrogen and oxygen atoms in total. The Morgan fingerprint density at radius 2 is 1.46 bits per heavy atom. The summed E-state index contributed by atoms with van der Waals surface area (Å²) in [5, 5.41) is 0. The largest absolute Gasteiger partial charge is 0.368 e. The first-order chi connectivity index (χ1) is 12.5. The van der Waals surface area contributed by atoms with Crippen molar-refractivity contribution in [3.8, 4) is 0 Å². The highest BCUT2D eigenvalue weighted by atomic mass is 16.2. The van der Waals surface area contributed by atoms with Gasteiger partial charge in [0.2, 0.25) is 5.91 Å². The van der Waals surface area contributed by atoms with Gasteiger partial charge >= 0.3 is 0 Å². The topological polar surface area (TPSA) is 23.6 Å². The summed E-state index contributed by atoms with van der Waals surface area (Å²) in [7, 11) is 0. The van der Waals surface area contributed by atoms with Gasteiger partial charge in [0, 0.05) is 38.3 Å². The molecule has 0 atom stereocenters. The Kier molecular flexibility index (Phi) is 5.97. The Labute approximate surface area is 157 Å². The van der Waals surface area contributed by atoms with E-state index in [0.29, 0.717) is 12.3 Å². The van der Waals surface area contributed by atoms with E-state index >= 15 is 0 Å². The first-order valence-corrected chi connectivity index (χ1v) is 9.68. The summed E-state index contributed by atoms with van der Waals surface area (Å²) in [5.74, 6) is 0.304. The molecule has 1 heterocycles. The van der Waals surface area contributed by atoms with E-state index in [1.807, 2.05) is 4.90 Å². The molecule has 0 aliphatic carbocycles. The number of rotatable bonds is 5. The summed E-state index contributed by atoms with van der Waals surface area (Å²) in [4.78, 5) is 16.9. The second kappa shape index (κ2) is 8.39. The average Bonchev–Trinajstić information content (AvgIpc) is 2.62. The fraction of sp³-hybridized carbons (Fsp3) is 0.435. The normalized spacial score (nSPS) is 14.6. The lowest BCUT2D eigenvalue weighted by molar-refractivity contribution is -0.131. The van der Waals surface area contributed by atoms with Crippen LogP contribution in [0.1, 0.15) is 35.1 Å². The minimum Gasteiger partial charge on any atom is -0.368 e. The lowest BCUT2D eigenvalue weighted by atomic mass is 10.0. The fourth-order valence-corrected chi connectivity index (χ4v) is 3.78. The molecule has 2 aromatic carbocycles. The van der Waals surface area contributed by atoms with Gasteiger partial charge in [0.15, 0.2) is 0 Å². The quantitative estimate of drug-likeness (QED) is 0.803. The summed E-state index contributed by atoms with van der Waals surface area (Å²) < 4.78 is 0. The molecule has 1 aliphatic rings. The number of benzene rings is 2. The van der Waals surface area contributed by atoms with E-state index in [0.717, 1.165) is 39.0 Å². The van der Waals surface area contributed by atoms with Crippen LogP contribution >= 0.6 is 0 Å². The highest BCUT2D eigenvalue weighted by Gasteiger charge is 2.20. The molecule has 0 unspecified atom stereocenters. The van der Waals surface area contributed by atoms with E-state index in [1.165, 1.54) is 27.9 Å². The summed E-state index contributed by atoms with van der Waals surface area (Å²) in [6.07, 6.45) is 2.56. The van der Waals surface area contributed by atoms with Crippen LogP contribution < -0.4 is 4.90 Å². The van der Waals surface area contributed by atoms with Gasteiger partial charge in [-0.25, -0.2) is 0 Å². The summed E-state index contributed by atoms with van der Waals surface area (Å²) in [6.45, 7) is 9.88.